The van der Waals surface area contributed by atoms with E-state index >= 15 is 0 Å². The van der Waals surface area contributed by atoms with Crippen molar-refractivity contribution in [2.45, 2.75) is 26.9 Å². The number of hydrogen-bond acceptors (Lipinski definition) is 5. The summed E-state index contributed by atoms with van der Waals surface area (Å²) in [5.74, 6) is 0.608. The number of nitrogens with one attached hydrogen (secondary N) is 2. The predicted molar refractivity (Wildman–Crippen MR) is 101 cm³/mol. The number of para-hydroxylation sites is 2. The van der Waals surface area contributed by atoms with E-state index in [-0.39, 0.29) is 6.61 Å². The molecule has 1 atom stereocenters. The molecule has 0 radical (unpaired) electrons. The molecule has 7 heteroatoms. The first-order valence-electron chi connectivity index (χ1n) is 8.49. The van der Waals surface area contributed by atoms with Gasteiger partial charge in [0.2, 0.25) is 0 Å². The third kappa shape index (κ3) is 5.64. The molecule has 0 saturated carbocycles. The Hall–Kier alpha value is -3.22. The fourth-order valence-electron chi connectivity index (χ4n) is 2.25. The Morgan fingerprint density at radius 2 is 1.63 bits per heavy atom. The molecule has 2 N–H and O–H groups in total. The Morgan fingerprint density at radius 3 is 2.33 bits per heavy atom. The summed E-state index contributed by atoms with van der Waals surface area (Å²) in [5, 5.41) is 0. The van der Waals surface area contributed by atoms with E-state index in [1.165, 1.54) is 7.11 Å². The van der Waals surface area contributed by atoms with Crippen LogP contribution >= 0.6 is 0 Å². The van der Waals surface area contributed by atoms with E-state index in [4.69, 9.17) is 14.2 Å². The molecular formula is C20H24N2O5. The molecule has 144 valence electrons. The number of aryl methyl sites for hydroxylation is 1. The molecule has 0 bridgehead atoms. The number of methoxy groups -OCH3 is 1. The molecule has 0 saturated heterocycles. The molecule has 0 heterocycles. The highest BCUT2D eigenvalue weighted by Gasteiger charge is 2.17. The van der Waals surface area contributed by atoms with Crippen LogP contribution in [0.3, 0.4) is 0 Å². The first-order valence-corrected chi connectivity index (χ1v) is 8.49. The second kappa shape index (κ2) is 9.47. The lowest BCUT2D eigenvalue weighted by atomic mass is 10.1. The minimum Gasteiger partial charge on any atom is -0.493 e. The third-order valence-electron chi connectivity index (χ3n) is 3.98. The Balaban J connectivity index is 1.80. The lowest BCUT2D eigenvalue weighted by Gasteiger charge is -2.17. The van der Waals surface area contributed by atoms with Crippen molar-refractivity contribution in [1.29, 1.82) is 0 Å². The Morgan fingerprint density at radius 1 is 0.963 bits per heavy atom. The van der Waals surface area contributed by atoms with E-state index in [2.05, 4.69) is 10.9 Å². The number of amides is 2. The average molecular weight is 372 g/mol. The van der Waals surface area contributed by atoms with Gasteiger partial charge in [0.05, 0.1) is 7.11 Å². The monoisotopic (exact) mass is 372 g/mol. The van der Waals surface area contributed by atoms with Crippen molar-refractivity contribution in [3.63, 3.8) is 0 Å². The Kier molecular flexibility index (Phi) is 7.05. The van der Waals surface area contributed by atoms with Crippen molar-refractivity contribution in [2.24, 2.45) is 0 Å². The zero-order chi connectivity index (χ0) is 19.8. The first-order chi connectivity index (χ1) is 12.9. The van der Waals surface area contributed by atoms with Crippen LogP contribution in [0, 0.1) is 13.8 Å². The summed E-state index contributed by atoms with van der Waals surface area (Å²) in [6.45, 7) is 5.22. The van der Waals surface area contributed by atoms with Gasteiger partial charge in [-0.15, -0.1) is 0 Å². The lowest BCUT2D eigenvalue weighted by molar-refractivity contribution is -0.133. The minimum absolute atomic E-state index is 0.271. The quantitative estimate of drug-likeness (QED) is 0.729. The summed E-state index contributed by atoms with van der Waals surface area (Å²) in [6, 6.07) is 12.6. The topological polar surface area (TPSA) is 85.9 Å². The van der Waals surface area contributed by atoms with Gasteiger partial charge >= 0.3 is 0 Å². The molecule has 0 fully saturated rings. The molecule has 0 unspecified atom stereocenters. The number of hydrogen-bond donors (Lipinski definition) is 2. The molecule has 2 amide bonds. The van der Waals surface area contributed by atoms with Crippen molar-refractivity contribution in [3.8, 4) is 17.2 Å². The summed E-state index contributed by atoms with van der Waals surface area (Å²) in [4.78, 5) is 24.0. The van der Waals surface area contributed by atoms with Crippen LogP contribution in [-0.2, 0) is 9.59 Å². The Labute approximate surface area is 158 Å². The molecule has 2 aromatic carbocycles. The molecule has 0 aliphatic heterocycles. The molecule has 0 aromatic heterocycles. The molecule has 0 aliphatic carbocycles. The summed E-state index contributed by atoms with van der Waals surface area (Å²) >= 11 is 0. The summed E-state index contributed by atoms with van der Waals surface area (Å²) in [6.07, 6.45) is -0.777. The van der Waals surface area contributed by atoms with E-state index in [9.17, 15) is 9.59 Å². The van der Waals surface area contributed by atoms with Gasteiger partial charge in [0.15, 0.2) is 24.2 Å². The van der Waals surface area contributed by atoms with Gasteiger partial charge in [-0.3, -0.25) is 20.4 Å². The average Bonchev–Trinajstić information content (AvgIpc) is 2.68. The maximum Gasteiger partial charge on any atom is 0.279 e. The van der Waals surface area contributed by atoms with E-state index < -0.39 is 17.9 Å². The zero-order valence-corrected chi connectivity index (χ0v) is 15.9. The zero-order valence-electron chi connectivity index (χ0n) is 15.9. The van der Waals surface area contributed by atoms with Gasteiger partial charge in [-0.1, -0.05) is 24.3 Å². The highest BCUT2D eigenvalue weighted by molar-refractivity contribution is 5.85. The second-order valence-electron chi connectivity index (χ2n) is 5.94. The van der Waals surface area contributed by atoms with Gasteiger partial charge in [-0.05, 0) is 50.1 Å². The summed E-state index contributed by atoms with van der Waals surface area (Å²) in [7, 11) is 1.51. The largest absolute Gasteiger partial charge is 0.493 e. The smallest absolute Gasteiger partial charge is 0.279 e. The van der Waals surface area contributed by atoms with Crippen LogP contribution in [0.4, 0.5) is 0 Å². The van der Waals surface area contributed by atoms with Crippen molar-refractivity contribution in [2.75, 3.05) is 13.7 Å². The fraction of sp³-hybridized carbons (Fsp3) is 0.300. The van der Waals surface area contributed by atoms with Crippen LogP contribution in [0.25, 0.3) is 0 Å². The SMILES string of the molecule is COc1ccccc1OCC(=O)NNC(=O)[C@H](C)Oc1cccc(C)c1C. The molecule has 0 spiro atoms. The normalized spacial score (nSPS) is 11.3. The van der Waals surface area contributed by atoms with Crippen molar-refractivity contribution in [1.82, 2.24) is 10.9 Å². The van der Waals surface area contributed by atoms with Crippen LogP contribution in [0.15, 0.2) is 42.5 Å². The maximum absolute atomic E-state index is 12.1. The number of ether oxygens (including phenoxy) is 3. The fourth-order valence-corrected chi connectivity index (χ4v) is 2.25. The summed E-state index contributed by atoms with van der Waals surface area (Å²) in [5.41, 5.74) is 6.66. The third-order valence-corrected chi connectivity index (χ3v) is 3.98. The molecular weight excluding hydrogens is 348 g/mol. The lowest BCUT2D eigenvalue weighted by Crippen LogP contribution is -2.48. The number of hydrazine groups is 1. The highest BCUT2D eigenvalue weighted by atomic mass is 16.5. The maximum atomic E-state index is 12.1. The van der Waals surface area contributed by atoms with Gasteiger partial charge < -0.3 is 14.2 Å². The van der Waals surface area contributed by atoms with E-state index in [1.807, 2.05) is 26.0 Å². The van der Waals surface area contributed by atoms with Gasteiger partial charge in [-0.25, -0.2) is 0 Å². The number of rotatable bonds is 7. The number of carbonyl (C=O) groups is 2. The first kappa shape index (κ1) is 20.1. The van der Waals surface area contributed by atoms with Crippen LogP contribution in [0.1, 0.15) is 18.1 Å². The van der Waals surface area contributed by atoms with Crippen molar-refractivity contribution < 1.29 is 23.8 Å². The molecule has 0 aliphatic rings. The van der Waals surface area contributed by atoms with E-state index in [0.29, 0.717) is 17.2 Å². The highest BCUT2D eigenvalue weighted by Crippen LogP contribution is 2.25. The predicted octanol–water partition coefficient (Wildman–Crippen LogP) is 2.31. The summed E-state index contributed by atoms with van der Waals surface area (Å²) < 4.78 is 16.2. The van der Waals surface area contributed by atoms with Crippen LogP contribution in [0.2, 0.25) is 0 Å². The molecule has 2 rings (SSSR count). The van der Waals surface area contributed by atoms with Gasteiger partial charge in [0.1, 0.15) is 5.75 Å². The molecule has 7 nitrogen and oxygen atoms in total. The minimum atomic E-state index is -0.777. The molecule has 2 aromatic rings. The Bertz CT molecular complexity index is 807. The van der Waals surface area contributed by atoms with Crippen LogP contribution in [0.5, 0.6) is 17.2 Å². The molecule has 27 heavy (non-hydrogen) atoms. The van der Waals surface area contributed by atoms with Gasteiger partial charge in [0, 0.05) is 0 Å². The second-order valence-corrected chi connectivity index (χ2v) is 5.94. The van der Waals surface area contributed by atoms with Gasteiger partial charge in [0.25, 0.3) is 11.8 Å². The van der Waals surface area contributed by atoms with E-state index in [1.54, 1.807) is 37.3 Å². The van der Waals surface area contributed by atoms with Gasteiger partial charge in [-0.2, -0.15) is 0 Å². The number of carbonyl (C=O) groups excluding carboxylic acids is 2. The van der Waals surface area contributed by atoms with Crippen molar-refractivity contribution >= 4 is 11.8 Å². The number of benzene rings is 2. The van der Waals surface area contributed by atoms with Crippen molar-refractivity contribution in [3.05, 3.63) is 53.6 Å². The van der Waals surface area contributed by atoms with E-state index in [0.717, 1.165) is 11.1 Å². The standard InChI is InChI=1S/C20H24N2O5/c1-13-8-7-11-16(14(13)2)27-15(3)20(24)22-21-19(23)12-26-18-10-6-5-9-17(18)25-4/h5-11,15H,12H2,1-4H3,(H,21,23)(H,22,24)/t15-/m0/s1. The van der Waals surface area contributed by atoms with Crippen LogP contribution < -0.4 is 25.1 Å². The van der Waals surface area contributed by atoms with Crippen LogP contribution in [-0.4, -0.2) is 31.6 Å².